The minimum atomic E-state index is -0.389. The largest absolute Gasteiger partial charge is 0.466 e. The van der Waals surface area contributed by atoms with Gasteiger partial charge in [-0.15, -0.1) is 0 Å². The molecular weight excluding hydrogens is 308 g/mol. The first-order valence-corrected chi connectivity index (χ1v) is 8.15. The van der Waals surface area contributed by atoms with Gasteiger partial charge in [-0.05, 0) is 31.0 Å². The third kappa shape index (κ3) is 4.68. The summed E-state index contributed by atoms with van der Waals surface area (Å²) in [5.74, 6) is -0.658. The van der Waals surface area contributed by atoms with Crippen molar-refractivity contribution in [3.05, 3.63) is 40.2 Å². The van der Waals surface area contributed by atoms with Crippen LogP contribution in [0.1, 0.15) is 38.7 Å². The van der Waals surface area contributed by atoms with Crippen LogP contribution in [0.15, 0.2) is 29.1 Å². The van der Waals surface area contributed by atoms with E-state index in [2.05, 4.69) is 17.2 Å². The number of aromatic nitrogens is 1. The number of nitrogens with one attached hydrogen (secondary N) is 2. The van der Waals surface area contributed by atoms with E-state index in [0.717, 1.165) is 23.8 Å². The van der Waals surface area contributed by atoms with Gasteiger partial charge in [-0.25, -0.2) is 0 Å². The van der Waals surface area contributed by atoms with Crippen LogP contribution in [0.2, 0.25) is 0 Å². The lowest BCUT2D eigenvalue weighted by molar-refractivity contribution is -0.144. The molecule has 1 amide bonds. The quantitative estimate of drug-likeness (QED) is 0.764. The molecule has 0 saturated heterocycles. The lowest BCUT2D eigenvalue weighted by Crippen LogP contribution is -2.15. The standard InChI is InChI=1S/C18H22N2O4/c1-3-5-12-10-17(22)20-15-11-13(6-7-14(12)15)19-16(21)8-9-18(23)24-4-2/h6-7,10-11H,3-5,8-9H2,1-2H3,(H,19,21)(H,20,22). The van der Waals surface area contributed by atoms with Crippen LogP contribution in [0.5, 0.6) is 0 Å². The molecule has 24 heavy (non-hydrogen) atoms. The zero-order valence-electron chi connectivity index (χ0n) is 14.0. The number of anilines is 1. The monoisotopic (exact) mass is 330 g/mol. The van der Waals surface area contributed by atoms with Gasteiger partial charge in [-0.1, -0.05) is 19.4 Å². The minimum Gasteiger partial charge on any atom is -0.466 e. The van der Waals surface area contributed by atoms with Gasteiger partial charge in [0.15, 0.2) is 0 Å². The van der Waals surface area contributed by atoms with Gasteiger partial charge < -0.3 is 15.0 Å². The second-order valence-electron chi connectivity index (χ2n) is 5.52. The third-order valence-electron chi connectivity index (χ3n) is 3.59. The van der Waals surface area contributed by atoms with Crippen molar-refractivity contribution in [1.29, 1.82) is 0 Å². The summed E-state index contributed by atoms with van der Waals surface area (Å²) in [4.78, 5) is 37.7. The van der Waals surface area contributed by atoms with E-state index >= 15 is 0 Å². The van der Waals surface area contributed by atoms with Crippen LogP contribution in [0.3, 0.4) is 0 Å². The number of hydrogen-bond acceptors (Lipinski definition) is 4. The van der Waals surface area contributed by atoms with Gasteiger partial charge in [0.1, 0.15) is 0 Å². The highest BCUT2D eigenvalue weighted by atomic mass is 16.5. The van der Waals surface area contributed by atoms with Gasteiger partial charge >= 0.3 is 5.97 Å². The minimum absolute atomic E-state index is 0.0464. The summed E-state index contributed by atoms with van der Waals surface area (Å²) in [5.41, 5.74) is 2.11. The molecular formula is C18H22N2O4. The second kappa shape index (κ2) is 8.29. The van der Waals surface area contributed by atoms with Crippen LogP contribution >= 0.6 is 0 Å². The summed E-state index contributed by atoms with van der Waals surface area (Å²) in [6.45, 7) is 4.09. The molecule has 0 fully saturated rings. The number of fused-ring (bicyclic) bond motifs is 1. The average molecular weight is 330 g/mol. The molecule has 2 N–H and O–H groups in total. The molecule has 0 saturated carbocycles. The molecule has 0 aliphatic carbocycles. The van der Waals surface area contributed by atoms with Crippen LogP contribution in [0, 0.1) is 0 Å². The maximum Gasteiger partial charge on any atom is 0.306 e. The van der Waals surface area contributed by atoms with Crippen molar-refractivity contribution in [3.8, 4) is 0 Å². The summed E-state index contributed by atoms with van der Waals surface area (Å²) >= 11 is 0. The van der Waals surface area contributed by atoms with Gasteiger partial charge in [-0.3, -0.25) is 14.4 Å². The predicted molar refractivity (Wildman–Crippen MR) is 93.1 cm³/mol. The van der Waals surface area contributed by atoms with Crippen molar-refractivity contribution in [3.63, 3.8) is 0 Å². The number of carbonyl (C=O) groups is 2. The highest BCUT2D eigenvalue weighted by molar-refractivity contribution is 5.95. The Morgan fingerprint density at radius 1 is 1.17 bits per heavy atom. The molecule has 0 aliphatic rings. The lowest BCUT2D eigenvalue weighted by Gasteiger charge is -2.09. The van der Waals surface area contributed by atoms with Crippen molar-refractivity contribution >= 4 is 28.5 Å². The second-order valence-corrected chi connectivity index (χ2v) is 5.52. The summed E-state index contributed by atoms with van der Waals surface area (Å²) in [6, 6.07) is 7.03. The van der Waals surface area contributed by atoms with Crippen LogP contribution in [-0.4, -0.2) is 23.5 Å². The number of pyridine rings is 1. The molecule has 0 unspecified atom stereocenters. The SMILES string of the molecule is CCCc1cc(=O)[nH]c2cc(NC(=O)CCC(=O)OCC)ccc12. The Labute approximate surface area is 140 Å². The molecule has 2 rings (SSSR count). The molecule has 0 radical (unpaired) electrons. The molecule has 0 bridgehead atoms. The zero-order chi connectivity index (χ0) is 17.5. The van der Waals surface area contributed by atoms with E-state index in [1.807, 2.05) is 6.07 Å². The third-order valence-corrected chi connectivity index (χ3v) is 3.59. The Bertz CT molecular complexity index is 795. The number of esters is 1. The molecule has 1 heterocycles. The average Bonchev–Trinajstić information content (AvgIpc) is 2.53. The zero-order valence-corrected chi connectivity index (χ0v) is 14.0. The van der Waals surface area contributed by atoms with Gasteiger partial charge in [0.2, 0.25) is 11.5 Å². The van der Waals surface area contributed by atoms with E-state index in [1.54, 1.807) is 25.1 Å². The van der Waals surface area contributed by atoms with Crippen molar-refractivity contribution in [2.24, 2.45) is 0 Å². The summed E-state index contributed by atoms with van der Waals surface area (Å²) < 4.78 is 4.79. The summed E-state index contributed by atoms with van der Waals surface area (Å²) in [6.07, 6.45) is 1.88. The number of rotatable bonds is 7. The number of ether oxygens (including phenoxy) is 1. The fraction of sp³-hybridized carbons (Fsp3) is 0.389. The van der Waals surface area contributed by atoms with E-state index in [4.69, 9.17) is 4.74 Å². The van der Waals surface area contributed by atoms with Gasteiger partial charge in [0.25, 0.3) is 0 Å². The number of benzene rings is 1. The number of carbonyl (C=O) groups excluding carboxylic acids is 2. The molecule has 1 aromatic heterocycles. The van der Waals surface area contributed by atoms with Crippen molar-refractivity contribution in [2.45, 2.75) is 39.5 Å². The van der Waals surface area contributed by atoms with Gasteiger partial charge in [0, 0.05) is 23.6 Å². The first-order valence-electron chi connectivity index (χ1n) is 8.15. The van der Waals surface area contributed by atoms with Crippen LogP contribution in [0.25, 0.3) is 10.9 Å². The molecule has 6 heteroatoms. The van der Waals surface area contributed by atoms with E-state index in [-0.39, 0.29) is 30.3 Å². The fourth-order valence-corrected chi connectivity index (χ4v) is 2.56. The molecule has 128 valence electrons. The summed E-state index contributed by atoms with van der Waals surface area (Å²) in [7, 11) is 0. The maximum atomic E-state index is 11.9. The highest BCUT2D eigenvalue weighted by Crippen LogP contribution is 2.21. The van der Waals surface area contributed by atoms with Crippen LogP contribution in [0.4, 0.5) is 5.69 Å². The Balaban J connectivity index is 2.12. The molecule has 0 atom stereocenters. The topological polar surface area (TPSA) is 88.3 Å². The first kappa shape index (κ1) is 17.7. The Kier molecular flexibility index (Phi) is 6.12. The summed E-state index contributed by atoms with van der Waals surface area (Å²) in [5, 5.41) is 3.71. The Morgan fingerprint density at radius 2 is 1.96 bits per heavy atom. The number of amides is 1. The number of aryl methyl sites for hydroxylation is 1. The van der Waals surface area contributed by atoms with Crippen molar-refractivity contribution < 1.29 is 14.3 Å². The predicted octanol–water partition coefficient (Wildman–Crippen LogP) is 2.76. The normalized spacial score (nSPS) is 10.6. The number of hydrogen-bond donors (Lipinski definition) is 2. The highest BCUT2D eigenvalue weighted by Gasteiger charge is 2.09. The lowest BCUT2D eigenvalue weighted by atomic mass is 10.0. The van der Waals surface area contributed by atoms with E-state index < -0.39 is 0 Å². The van der Waals surface area contributed by atoms with Crippen molar-refractivity contribution in [2.75, 3.05) is 11.9 Å². The Morgan fingerprint density at radius 3 is 2.67 bits per heavy atom. The van der Waals surface area contributed by atoms with E-state index in [1.165, 1.54) is 0 Å². The maximum absolute atomic E-state index is 11.9. The Hall–Kier alpha value is -2.63. The van der Waals surface area contributed by atoms with E-state index in [0.29, 0.717) is 17.8 Å². The number of aromatic amines is 1. The smallest absolute Gasteiger partial charge is 0.306 e. The molecule has 0 spiro atoms. The fourth-order valence-electron chi connectivity index (χ4n) is 2.56. The van der Waals surface area contributed by atoms with Crippen LogP contribution in [-0.2, 0) is 20.7 Å². The van der Waals surface area contributed by atoms with Crippen LogP contribution < -0.4 is 10.9 Å². The van der Waals surface area contributed by atoms with Gasteiger partial charge in [0.05, 0.1) is 18.5 Å². The first-order chi connectivity index (χ1) is 11.5. The molecule has 1 aromatic carbocycles. The van der Waals surface area contributed by atoms with E-state index in [9.17, 15) is 14.4 Å². The molecule has 0 aliphatic heterocycles. The van der Waals surface area contributed by atoms with Gasteiger partial charge in [-0.2, -0.15) is 0 Å². The van der Waals surface area contributed by atoms with Crippen molar-refractivity contribution in [1.82, 2.24) is 4.98 Å². The molecule has 6 nitrogen and oxygen atoms in total. The number of H-pyrrole nitrogens is 1. The molecule has 2 aromatic rings.